The predicted molar refractivity (Wildman–Crippen MR) is 65.5 cm³/mol. The van der Waals surface area contributed by atoms with Gasteiger partial charge in [-0.15, -0.1) is 0 Å². The summed E-state index contributed by atoms with van der Waals surface area (Å²) < 4.78 is 13.4. The Morgan fingerprint density at radius 3 is 2.89 bits per heavy atom. The van der Waals surface area contributed by atoms with Gasteiger partial charge < -0.3 is 11.1 Å². The fourth-order valence-corrected chi connectivity index (χ4v) is 1.61. The van der Waals surface area contributed by atoms with Crippen molar-refractivity contribution < 1.29 is 9.18 Å². The summed E-state index contributed by atoms with van der Waals surface area (Å²) in [5.41, 5.74) is 6.28. The van der Waals surface area contributed by atoms with Crippen molar-refractivity contribution in [2.24, 2.45) is 5.73 Å². The van der Waals surface area contributed by atoms with Crippen LogP contribution >= 0.6 is 0 Å². The molecule has 2 rings (SSSR count). The van der Waals surface area contributed by atoms with E-state index in [0.29, 0.717) is 30.5 Å². The van der Waals surface area contributed by atoms with E-state index >= 15 is 0 Å². The van der Waals surface area contributed by atoms with E-state index in [1.807, 2.05) is 0 Å². The molecular formula is C12H13FN4O. The highest BCUT2D eigenvalue weighted by molar-refractivity contribution is 6.04. The maximum absolute atomic E-state index is 13.4. The van der Waals surface area contributed by atoms with Gasteiger partial charge in [0.2, 0.25) is 0 Å². The average molecular weight is 248 g/mol. The molecule has 18 heavy (non-hydrogen) atoms. The van der Waals surface area contributed by atoms with Gasteiger partial charge in [0, 0.05) is 25.0 Å². The van der Waals surface area contributed by atoms with Crippen LogP contribution in [0.4, 0.5) is 4.39 Å². The molecule has 0 bridgehead atoms. The molecule has 0 unspecified atom stereocenters. The number of aromatic nitrogens is 2. The molecule has 0 aliphatic heterocycles. The highest BCUT2D eigenvalue weighted by atomic mass is 19.1. The van der Waals surface area contributed by atoms with E-state index in [2.05, 4.69) is 15.3 Å². The lowest BCUT2D eigenvalue weighted by atomic mass is 10.1. The zero-order chi connectivity index (χ0) is 13.0. The van der Waals surface area contributed by atoms with E-state index < -0.39 is 5.82 Å². The van der Waals surface area contributed by atoms with Gasteiger partial charge in [-0.2, -0.15) is 0 Å². The van der Waals surface area contributed by atoms with Gasteiger partial charge in [0.05, 0.1) is 11.1 Å². The Bertz CT molecular complexity index is 573. The van der Waals surface area contributed by atoms with Gasteiger partial charge in [0.15, 0.2) is 0 Å². The topological polar surface area (TPSA) is 80.9 Å². The van der Waals surface area contributed by atoms with Gasteiger partial charge in [0.25, 0.3) is 5.91 Å². The average Bonchev–Trinajstić information content (AvgIpc) is 2.38. The Morgan fingerprint density at radius 1 is 1.33 bits per heavy atom. The Hall–Kier alpha value is -2.08. The minimum absolute atomic E-state index is 0.190. The summed E-state index contributed by atoms with van der Waals surface area (Å²) in [5, 5.41) is 2.67. The monoisotopic (exact) mass is 248 g/mol. The normalized spacial score (nSPS) is 10.6. The first-order valence-corrected chi connectivity index (χ1v) is 5.61. The van der Waals surface area contributed by atoms with Gasteiger partial charge in [-0.1, -0.05) is 0 Å². The number of amides is 1. The van der Waals surface area contributed by atoms with Gasteiger partial charge in [-0.05, 0) is 19.0 Å². The van der Waals surface area contributed by atoms with Crippen LogP contribution in [0.25, 0.3) is 11.0 Å². The Labute approximate surface area is 103 Å². The van der Waals surface area contributed by atoms with E-state index in [1.165, 1.54) is 18.5 Å². The molecule has 1 aromatic carbocycles. The minimum Gasteiger partial charge on any atom is -0.352 e. The van der Waals surface area contributed by atoms with Crippen LogP contribution in [-0.2, 0) is 0 Å². The van der Waals surface area contributed by atoms with Crippen LogP contribution in [0.5, 0.6) is 0 Å². The number of carbonyl (C=O) groups is 1. The molecule has 0 fully saturated rings. The smallest absolute Gasteiger partial charge is 0.253 e. The molecule has 0 spiro atoms. The van der Waals surface area contributed by atoms with Crippen LogP contribution in [0.15, 0.2) is 24.5 Å². The van der Waals surface area contributed by atoms with Gasteiger partial charge >= 0.3 is 0 Å². The second kappa shape index (κ2) is 5.50. The molecule has 1 aromatic heterocycles. The number of hydrogen-bond acceptors (Lipinski definition) is 4. The molecule has 1 amide bonds. The van der Waals surface area contributed by atoms with Crippen molar-refractivity contribution in [3.63, 3.8) is 0 Å². The van der Waals surface area contributed by atoms with Crippen LogP contribution in [0.3, 0.4) is 0 Å². The number of fused-ring (bicyclic) bond motifs is 1. The second-order valence-corrected chi connectivity index (χ2v) is 3.78. The van der Waals surface area contributed by atoms with Crippen LogP contribution in [0, 0.1) is 5.82 Å². The molecule has 94 valence electrons. The standard InChI is InChI=1S/C12H13FN4O/c13-8-6-9(12(18)17-3-1-2-14)11-10(7-8)15-4-5-16-11/h4-7H,1-3,14H2,(H,17,18). The predicted octanol–water partition coefficient (Wildman–Crippen LogP) is 0.847. The third kappa shape index (κ3) is 2.60. The number of rotatable bonds is 4. The minimum atomic E-state index is -0.507. The first kappa shape index (κ1) is 12.4. The van der Waals surface area contributed by atoms with Crippen molar-refractivity contribution in [1.29, 1.82) is 0 Å². The number of halogens is 1. The fraction of sp³-hybridized carbons (Fsp3) is 0.250. The maximum atomic E-state index is 13.4. The summed E-state index contributed by atoms with van der Waals surface area (Å²) >= 11 is 0. The number of nitrogens with two attached hydrogens (primary N) is 1. The molecule has 1 heterocycles. The SMILES string of the molecule is NCCCNC(=O)c1cc(F)cc2nccnc12. The molecule has 5 nitrogen and oxygen atoms in total. The molecule has 0 atom stereocenters. The molecule has 2 aromatic rings. The molecule has 0 aliphatic carbocycles. The van der Waals surface area contributed by atoms with Crippen molar-refractivity contribution in [1.82, 2.24) is 15.3 Å². The molecular weight excluding hydrogens is 235 g/mol. The first-order chi connectivity index (χ1) is 8.72. The maximum Gasteiger partial charge on any atom is 0.253 e. The summed E-state index contributed by atoms with van der Waals surface area (Å²) in [4.78, 5) is 19.9. The van der Waals surface area contributed by atoms with Crippen molar-refractivity contribution in [3.05, 3.63) is 35.9 Å². The number of nitrogens with zero attached hydrogens (tertiary/aromatic N) is 2. The molecule has 0 saturated heterocycles. The number of nitrogens with one attached hydrogen (secondary N) is 1. The lowest BCUT2D eigenvalue weighted by Gasteiger charge is -2.06. The number of carbonyl (C=O) groups excluding carboxylic acids is 1. The Morgan fingerprint density at radius 2 is 2.11 bits per heavy atom. The summed E-state index contributed by atoms with van der Waals surface area (Å²) in [7, 11) is 0. The zero-order valence-electron chi connectivity index (χ0n) is 9.69. The summed E-state index contributed by atoms with van der Waals surface area (Å²) in [6.07, 6.45) is 3.60. The summed E-state index contributed by atoms with van der Waals surface area (Å²) in [6, 6.07) is 2.41. The molecule has 0 saturated carbocycles. The quantitative estimate of drug-likeness (QED) is 0.786. The fourth-order valence-electron chi connectivity index (χ4n) is 1.61. The Balaban J connectivity index is 2.34. The van der Waals surface area contributed by atoms with Gasteiger partial charge in [0.1, 0.15) is 11.3 Å². The van der Waals surface area contributed by atoms with E-state index in [9.17, 15) is 9.18 Å². The van der Waals surface area contributed by atoms with E-state index in [-0.39, 0.29) is 11.5 Å². The van der Waals surface area contributed by atoms with Gasteiger partial charge in [-0.3, -0.25) is 14.8 Å². The highest BCUT2D eigenvalue weighted by Crippen LogP contribution is 2.16. The third-order valence-corrected chi connectivity index (χ3v) is 2.45. The lowest BCUT2D eigenvalue weighted by Crippen LogP contribution is -2.26. The molecule has 3 N–H and O–H groups in total. The lowest BCUT2D eigenvalue weighted by molar-refractivity contribution is 0.0954. The number of hydrogen-bond donors (Lipinski definition) is 2. The molecule has 0 aliphatic rings. The van der Waals surface area contributed by atoms with Gasteiger partial charge in [-0.25, -0.2) is 4.39 Å². The molecule has 0 radical (unpaired) electrons. The van der Waals surface area contributed by atoms with E-state index in [1.54, 1.807) is 0 Å². The van der Waals surface area contributed by atoms with Crippen molar-refractivity contribution in [2.75, 3.05) is 13.1 Å². The first-order valence-electron chi connectivity index (χ1n) is 5.61. The van der Waals surface area contributed by atoms with E-state index in [4.69, 9.17) is 5.73 Å². The zero-order valence-corrected chi connectivity index (χ0v) is 9.69. The van der Waals surface area contributed by atoms with E-state index in [0.717, 1.165) is 6.07 Å². The largest absolute Gasteiger partial charge is 0.352 e. The summed E-state index contributed by atoms with van der Waals surface area (Å²) in [5.74, 6) is -0.875. The highest BCUT2D eigenvalue weighted by Gasteiger charge is 2.13. The van der Waals surface area contributed by atoms with Crippen LogP contribution in [0.1, 0.15) is 16.8 Å². The van der Waals surface area contributed by atoms with Crippen LogP contribution in [0.2, 0.25) is 0 Å². The third-order valence-electron chi connectivity index (χ3n) is 2.45. The van der Waals surface area contributed by atoms with Crippen LogP contribution < -0.4 is 11.1 Å². The van der Waals surface area contributed by atoms with Crippen LogP contribution in [-0.4, -0.2) is 29.0 Å². The summed E-state index contributed by atoms with van der Waals surface area (Å²) in [6.45, 7) is 0.942. The number of benzene rings is 1. The second-order valence-electron chi connectivity index (χ2n) is 3.78. The van der Waals surface area contributed by atoms with Crippen molar-refractivity contribution in [2.45, 2.75) is 6.42 Å². The van der Waals surface area contributed by atoms with Crippen molar-refractivity contribution >= 4 is 16.9 Å². The van der Waals surface area contributed by atoms with Crippen molar-refractivity contribution in [3.8, 4) is 0 Å². The Kier molecular flexibility index (Phi) is 3.78. The molecule has 6 heteroatoms.